The first-order valence-corrected chi connectivity index (χ1v) is 11.1. The first-order chi connectivity index (χ1) is 15.7. The summed E-state index contributed by atoms with van der Waals surface area (Å²) in [6.07, 6.45) is -1.45. The summed E-state index contributed by atoms with van der Waals surface area (Å²) in [6, 6.07) is 16.0. The molecule has 2 atom stereocenters. The number of alkyl carbamates (subject to hydrolysis) is 1. The van der Waals surface area contributed by atoms with Crippen LogP contribution in [0, 0.1) is 0 Å². The highest BCUT2D eigenvalue weighted by atomic mass is 16.5. The number of aliphatic hydroxyl groups excluding tert-OH is 1. The lowest BCUT2D eigenvalue weighted by Crippen LogP contribution is -2.57. The van der Waals surface area contributed by atoms with Crippen molar-refractivity contribution in [3.05, 3.63) is 59.7 Å². The Bertz CT molecular complexity index is 978. The molecule has 8 heteroatoms. The maximum absolute atomic E-state index is 12.7. The lowest BCUT2D eigenvalue weighted by molar-refractivity contribution is -0.139. The van der Waals surface area contributed by atoms with Gasteiger partial charge in [0.15, 0.2) is 0 Å². The summed E-state index contributed by atoms with van der Waals surface area (Å²) < 4.78 is 5.55. The lowest BCUT2D eigenvalue weighted by atomic mass is 9.95. The zero-order valence-electron chi connectivity index (χ0n) is 18.8. The van der Waals surface area contributed by atoms with Gasteiger partial charge in [0.1, 0.15) is 12.1 Å². The summed E-state index contributed by atoms with van der Waals surface area (Å²) in [5.41, 5.74) is 3.16. The molecule has 0 fully saturated rings. The molecule has 0 saturated heterocycles. The fourth-order valence-electron chi connectivity index (χ4n) is 4.27. The maximum Gasteiger partial charge on any atom is 0.408 e. The van der Waals surface area contributed by atoms with Crippen molar-refractivity contribution >= 4 is 18.0 Å². The third kappa shape index (κ3) is 5.70. The van der Waals surface area contributed by atoms with Crippen molar-refractivity contribution in [3.63, 3.8) is 0 Å². The van der Waals surface area contributed by atoms with Gasteiger partial charge in [0, 0.05) is 12.5 Å². The Labute approximate surface area is 193 Å². The minimum absolute atomic E-state index is 0.0967. The molecule has 0 aliphatic heterocycles. The average Bonchev–Trinajstić information content (AvgIpc) is 3.09. The van der Waals surface area contributed by atoms with Crippen molar-refractivity contribution in [2.75, 3.05) is 13.2 Å². The van der Waals surface area contributed by atoms with Gasteiger partial charge in [-0.05, 0) is 35.6 Å². The van der Waals surface area contributed by atoms with Gasteiger partial charge in [0.2, 0.25) is 5.91 Å². The van der Waals surface area contributed by atoms with Crippen LogP contribution < -0.4 is 10.6 Å². The number of ether oxygens (including phenoxy) is 1. The molecular weight excluding hydrogens is 424 g/mol. The Morgan fingerprint density at radius 3 is 2.18 bits per heavy atom. The Balaban J connectivity index is 1.63. The van der Waals surface area contributed by atoms with Crippen LogP contribution in [0.3, 0.4) is 0 Å². The van der Waals surface area contributed by atoms with E-state index in [1.807, 2.05) is 43.3 Å². The molecule has 0 spiro atoms. The van der Waals surface area contributed by atoms with Gasteiger partial charge < -0.3 is 25.6 Å². The number of hydrogen-bond donors (Lipinski definition) is 4. The van der Waals surface area contributed by atoms with Crippen LogP contribution in [0.1, 0.15) is 50.2 Å². The van der Waals surface area contributed by atoms with Gasteiger partial charge in [-0.2, -0.15) is 0 Å². The number of benzene rings is 2. The fraction of sp³-hybridized carbons (Fsp3) is 0.400. The summed E-state index contributed by atoms with van der Waals surface area (Å²) in [6.45, 7) is 3.36. The number of fused-ring (bicyclic) bond motifs is 3. The first-order valence-electron chi connectivity index (χ1n) is 11.1. The van der Waals surface area contributed by atoms with Gasteiger partial charge in [-0.25, -0.2) is 4.79 Å². The first kappa shape index (κ1) is 24.3. The lowest BCUT2D eigenvalue weighted by Gasteiger charge is -2.29. The fourth-order valence-corrected chi connectivity index (χ4v) is 4.27. The zero-order chi connectivity index (χ0) is 24.0. The van der Waals surface area contributed by atoms with E-state index >= 15 is 0 Å². The topological polar surface area (TPSA) is 125 Å². The van der Waals surface area contributed by atoms with Crippen LogP contribution >= 0.6 is 0 Å². The van der Waals surface area contributed by atoms with Crippen molar-refractivity contribution in [1.29, 1.82) is 0 Å². The number of amides is 2. The van der Waals surface area contributed by atoms with Crippen LogP contribution in [0.5, 0.6) is 0 Å². The predicted octanol–water partition coefficient (Wildman–Crippen LogP) is 3.04. The van der Waals surface area contributed by atoms with E-state index in [4.69, 9.17) is 9.84 Å². The molecular formula is C25H30N2O6. The van der Waals surface area contributed by atoms with Crippen molar-refractivity contribution < 1.29 is 29.3 Å². The van der Waals surface area contributed by atoms with Gasteiger partial charge in [-0.15, -0.1) is 0 Å². The molecule has 0 radical (unpaired) electrons. The van der Waals surface area contributed by atoms with Crippen molar-refractivity contribution in [3.8, 4) is 11.1 Å². The smallest absolute Gasteiger partial charge is 0.408 e. The number of aliphatic hydroxyl groups is 1. The highest BCUT2D eigenvalue weighted by Crippen LogP contribution is 2.44. The number of aliphatic carboxylic acids is 1. The molecule has 0 saturated carbocycles. The summed E-state index contributed by atoms with van der Waals surface area (Å²) in [5, 5.41) is 23.6. The monoisotopic (exact) mass is 454 g/mol. The summed E-state index contributed by atoms with van der Waals surface area (Å²) in [4.78, 5) is 36.1. The van der Waals surface area contributed by atoms with E-state index in [0.29, 0.717) is 12.8 Å². The molecule has 4 N–H and O–H groups in total. The van der Waals surface area contributed by atoms with Gasteiger partial charge in [-0.3, -0.25) is 9.59 Å². The number of nitrogens with one attached hydrogen (secondary N) is 2. The van der Waals surface area contributed by atoms with E-state index in [0.717, 1.165) is 22.3 Å². The molecule has 1 aliphatic carbocycles. The Kier molecular flexibility index (Phi) is 7.71. The van der Waals surface area contributed by atoms with E-state index < -0.39 is 36.0 Å². The Morgan fingerprint density at radius 2 is 1.64 bits per heavy atom. The third-order valence-corrected chi connectivity index (χ3v) is 5.88. The Morgan fingerprint density at radius 1 is 1.06 bits per heavy atom. The summed E-state index contributed by atoms with van der Waals surface area (Å²) in [7, 11) is 0. The van der Waals surface area contributed by atoms with Gasteiger partial charge >= 0.3 is 12.1 Å². The van der Waals surface area contributed by atoms with E-state index in [9.17, 15) is 19.5 Å². The summed E-state index contributed by atoms with van der Waals surface area (Å²) in [5.74, 6) is -1.77. The zero-order valence-corrected chi connectivity index (χ0v) is 18.8. The van der Waals surface area contributed by atoms with Gasteiger partial charge in [0.25, 0.3) is 0 Å². The van der Waals surface area contributed by atoms with E-state index in [1.54, 1.807) is 6.92 Å². The SMILES string of the molecule is CCCC(C)(NC(=O)OCC1c2ccccc2-c2ccccc21)C(=O)NCC(O)CC(=O)O. The standard InChI is InChI=1S/C25H30N2O6/c1-3-12-25(2,23(31)26-14-16(28)13-22(29)30)27-24(32)33-15-21-19-10-6-4-8-17(19)18-9-5-7-11-20(18)21/h4-11,16,21,28H,3,12-15H2,1-2H3,(H,26,31)(H,27,32)(H,29,30). The van der Waals surface area contributed by atoms with E-state index in [2.05, 4.69) is 22.8 Å². The molecule has 0 bridgehead atoms. The highest BCUT2D eigenvalue weighted by Gasteiger charge is 2.36. The average molecular weight is 455 g/mol. The van der Waals surface area contributed by atoms with Gasteiger partial charge in [0.05, 0.1) is 12.5 Å². The minimum Gasteiger partial charge on any atom is -0.481 e. The molecule has 0 heterocycles. The van der Waals surface area contributed by atoms with Crippen LogP contribution in [-0.4, -0.2) is 53.0 Å². The molecule has 2 aromatic carbocycles. The van der Waals surface area contributed by atoms with Crippen LogP contribution in [0.25, 0.3) is 11.1 Å². The van der Waals surface area contributed by atoms with Gasteiger partial charge in [-0.1, -0.05) is 61.9 Å². The molecule has 1 aliphatic rings. The van der Waals surface area contributed by atoms with E-state index in [1.165, 1.54) is 0 Å². The molecule has 0 aromatic heterocycles. The summed E-state index contributed by atoms with van der Waals surface area (Å²) >= 11 is 0. The van der Waals surface area contributed by atoms with Crippen LogP contribution in [0.15, 0.2) is 48.5 Å². The quantitative estimate of drug-likeness (QED) is 0.437. The number of carbonyl (C=O) groups is 3. The minimum atomic E-state index is -1.26. The van der Waals surface area contributed by atoms with Crippen molar-refractivity contribution in [1.82, 2.24) is 10.6 Å². The molecule has 2 unspecified atom stereocenters. The van der Waals surface area contributed by atoms with Crippen LogP contribution in [0.2, 0.25) is 0 Å². The largest absolute Gasteiger partial charge is 0.481 e. The number of carboxylic acid groups (broad SMARTS) is 1. The second kappa shape index (κ2) is 10.5. The molecule has 2 amide bonds. The van der Waals surface area contributed by atoms with Crippen molar-refractivity contribution in [2.45, 2.75) is 50.7 Å². The van der Waals surface area contributed by atoms with E-state index in [-0.39, 0.29) is 19.1 Å². The highest BCUT2D eigenvalue weighted by molar-refractivity contribution is 5.89. The molecule has 33 heavy (non-hydrogen) atoms. The predicted molar refractivity (Wildman–Crippen MR) is 123 cm³/mol. The van der Waals surface area contributed by atoms with Crippen LogP contribution in [0.4, 0.5) is 4.79 Å². The molecule has 3 rings (SSSR count). The maximum atomic E-state index is 12.7. The Hall–Kier alpha value is -3.39. The third-order valence-electron chi connectivity index (χ3n) is 5.88. The molecule has 8 nitrogen and oxygen atoms in total. The second-order valence-corrected chi connectivity index (χ2v) is 8.49. The molecule has 176 valence electrons. The van der Waals surface area contributed by atoms with Crippen molar-refractivity contribution in [2.24, 2.45) is 0 Å². The van der Waals surface area contributed by atoms with Crippen LogP contribution in [-0.2, 0) is 14.3 Å². The number of carbonyl (C=O) groups excluding carboxylic acids is 2. The second-order valence-electron chi connectivity index (χ2n) is 8.49. The normalized spacial score (nSPS) is 15.0. The number of hydrogen-bond acceptors (Lipinski definition) is 5. The number of rotatable bonds is 10. The molecule has 2 aromatic rings. The number of carboxylic acids is 1.